The zero-order valence-electron chi connectivity index (χ0n) is 9.07. The van der Waals surface area contributed by atoms with E-state index in [9.17, 15) is 19.2 Å². The molecule has 3 fully saturated rings. The zero-order chi connectivity index (χ0) is 12.6. The molecule has 2 saturated heterocycles. The van der Waals surface area contributed by atoms with Gasteiger partial charge in [-0.2, -0.15) is 0 Å². The highest BCUT2D eigenvalue weighted by Gasteiger charge is 2.67. The molecule has 1 saturated carbocycles. The molecule has 5 aliphatic rings. The monoisotopic (exact) mass is 248 g/mol. The number of allylic oxidation sites excluding steroid dienone is 2. The number of esters is 4. The number of ether oxygens (including phenoxy) is 2. The first-order valence-electron chi connectivity index (χ1n) is 5.79. The van der Waals surface area contributed by atoms with Crippen molar-refractivity contribution in [2.75, 3.05) is 0 Å². The van der Waals surface area contributed by atoms with Crippen LogP contribution in [0.1, 0.15) is 0 Å². The third-order valence-corrected chi connectivity index (χ3v) is 4.48. The Morgan fingerprint density at radius 2 is 0.889 bits per heavy atom. The standard InChI is InChI=1S/C12H8O6/c13-9-5-3-1-2-4(7(5)11(15)17-9)8-6(3)10(14)18-12(8)16/h1-8H/t3?,4?,5-,6?,7?,8?/m0/s1. The van der Waals surface area contributed by atoms with Gasteiger partial charge in [-0.3, -0.25) is 19.2 Å². The molecule has 6 nitrogen and oxygen atoms in total. The Hall–Kier alpha value is -1.98. The molecule has 0 amide bonds. The van der Waals surface area contributed by atoms with Crippen molar-refractivity contribution in [3.05, 3.63) is 12.2 Å². The molecule has 18 heavy (non-hydrogen) atoms. The lowest BCUT2D eigenvalue weighted by Crippen LogP contribution is -2.50. The summed E-state index contributed by atoms with van der Waals surface area (Å²) in [5.74, 6) is -5.79. The van der Waals surface area contributed by atoms with Crippen molar-refractivity contribution in [2.24, 2.45) is 35.5 Å². The summed E-state index contributed by atoms with van der Waals surface area (Å²) in [5.41, 5.74) is 0. The Morgan fingerprint density at radius 3 is 1.17 bits per heavy atom. The van der Waals surface area contributed by atoms with Crippen LogP contribution in [-0.4, -0.2) is 23.9 Å². The second-order valence-electron chi connectivity index (χ2n) is 5.12. The molecule has 2 heterocycles. The van der Waals surface area contributed by atoms with Crippen LogP contribution in [0.15, 0.2) is 12.2 Å². The smallest absolute Gasteiger partial charge is 0.318 e. The predicted molar refractivity (Wildman–Crippen MR) is 52.3 cm³/mol. The van der Waals surface area contributed by atoms with E-state index >= 15 is 0 Å². The minimum absolute atomic E-state index is 0.456. The topological polar surface area (TPSA) is 86.7 Å². The Kier molecular flexibility index (Phi) is 1.60. The number of hydrogen-bond donors (Lipinski definition) is 0. The SMILES string of the molecule is O=C1OC(=O)C2C1C1C=CC2[C@@H]2C(=O)OC(=O)C12. The first-order chi connectivity index (χ1) is 8.59. The second-order valence-corrected chi connectivity index (χ2v) is 5.12. The number of rotatable bonds is 0. The zero-order valence-corrected chi connectivity index (χ0v) is 9.07. The number of carbonyl (C=O) groups is 4. The van der Waals surface area contributed by atoms with E-state index in [0.717, 1.165) is 0 Å². The van der Waals surface area contributed by atoms with Gasteiger partial charge in [-0.25, -0.2) is 0 Å². The molecule has 92 valence electrons. The summed E-state index contributed by atoms with van der Waals surface area (Å²) >= 11 is 0. The summed E-state index contributed by atoms with van der Waals surface area (Å²) in [6, 6.07) is 0. The summed E-state index contributed by atoms with van der Waals surface area (Å²) < 4.78 is 9.29. The lowest BCUT2D eigenvalue weighted by atomic mass is 9.54. The highest BCUT2D eigenvalue weighted by molar-refractivity contribution is 6.03. The Bertz CT molecular complexity index is 459. The molecule has 2 bridgehead atoms. The van der Waals surface area contributed by atoms with Crippen LogP contribution in [0.4, 0.5) is 0 Å². The molecule has 6 heteroatoms. The highest BCUT2D eigenvalue weighted by Crippen LogP contribution is 2.56. The fraction of sp³-hybridized carbons (Fsp3) is 0.500. The lowest BCUT2D eigenvalue weighted by molar-refractivity contribution is -0.154. The normalized spacial score (nSPS) is 48.0. The first-order valence-corrected chi connectivity index (χ1v) is 5.79. The van der Waals surface area contributed by atoms with Gasteiger partial charge in [0.05, 0.1) is 23.7 Å². The summed E-state index contributed by atoms with van der Waals surface area (Å²) in [6.07, 6.45) is 3.49. The van der Waals surface area contributed by atoms with Gasteiger partial charge in [-0.05, 0) is 0 Å². The van der Waals surface area contributed by atoms with Gasteiger partial charge in [0.2, 0.25) is 0 Å². The molecule has 0 spiro atoms. The van der Waals surface area contributed by atoms with E-state index in [2.05, 4.69) is 9.47 Å². The maximum Gasteiger partial charge on any atom is 0.318 e. The van der Waals surface area contributed by atoms with E-state index in [1.54, 1.807) is 12.2 Å². The summed E-state index contributed by atoms with van der Waals surface area (Å²) in [6.45, 7) is 0. The molecular formula is C12H8O6. The molecule has 5 unspecified atom stereocenters. The quantitative estimate of drug-likeness (QED) is 0.324. The molecule has 5 rings (SSSR count). The van der Waals surface area contributed by atoms with Crippen LogP contribution in [0.5, 0.6) is 0 Å². The van der Waals surface area contributed by atoms with Gasteiger partial charge >= 0.3 is 23.9 Å². The maximum atomic E-state index is 11.7. The van der Waals surface area contributed by atoms with E-state index in [0.29, 0.717) is 0 Å². The van der Waals surface area contributed by atoms with Crippen LogP contribution >= 0.6 is 0 Å². The van der Waals surface area contributed by atoms with Gasteiger partial charge in [0.1, 0.15) is 0 Å². The van der Waals surface area contributed by atoms with E-state index in [1.807, 2.05) is 0 Å². The van der Waals surface area contributed by atoms with Crippen molar-refractivity contribution < 1.29 is 28.7 Å². The maximum absolute atomic E-state index is 11.7. The predicted octanol–water partition coefficient (Wildman–Crippen LogP) is -0.566. The third kappa shape index (κ3) is 0.913. The van der Waals surface area contributed by atoms with Crippen molar-refractivity contribution in [3.63, 3.8) is 0 Å². The molecule has 3 aliphatic carbocycles. The fourth-order valence-corrected chi connectivity index (χ4v) is 3.83. The molecule has 0 aromatic heterocycles. The van der Waals surface area contributed by atoms with Crippen LogP contribution in [-0.2, 0) is 28.7 Å². The van der Waals surface area contributed by atoms with Crippen molar-refractivity contribution in [1.29, 1.82) is 0 Å². The van der Waals surface area contributed by atoms with Gasteiger partial charge in [0, 0.05) is 11.8 Å². The van der Waals surface area contributed by atoms with Crippen LogP contribution in [0.25, 0.3) is 0 Å². The van der Waals surface area contributed by atoms with E-state index in [-0.39, 0.29) is 0 Å². The number of cyclic esters (lactones) is 4. The number of carbonyl (C=O) groups excluding carboxylic acids is 4. The van der Waals surface area contributed by atoms with Gasteiger partial charge < -0.3 is 9.47 Å². The minimum atomic E-state index is -0.632. The summed E-state index contributed by atoms with van der Waals surface area (Å²) in [7, 11) is 0. The Labute approximate surface area is 101 Å². The Balaban J connectivity index is 1.88. The van der Waals surface area contributed by atoms with Gasteiger partial charge in [-0.15, -0.1) is 0 Å². The van der Waals surface area contributed by atoms with Crippen LogP contribution in [0.3, 0.4) is 0 Å². The average molecular weight is 248 g/mol. The molecule has 0 aromatic rings. The molecule has 0 aromatic carbocycles. The minimum Gasteiger partial charge on any atom is -0.393 e. The largest absolute Gasteiger partial charge is 0.393 e. The first kappa shape index (κ1) is 9.99. The molecule has 0 N–H and O–H groups in total. The molecular weight excluding hydrogens is 240 g/mol. The molecule has 6 atom stereocenters. The summed E-state index contributed by atoms with van der Waals surface area (Å²) in [5, 5.41) is 0. The number of hydrogen-bond acceptors (Lipinski definition) is 6. The van der Waals surface area contributed by atoms with Crippen molar-refractivity contribution in [2.45, 2.75) is 0 Å². The van der Waals surface area contributed by atoms with E-state index < -0.39 is 59.4 Å². The van der Waals surface area contributed by atoms with Gasteiger partial charge in [0.15, 0.2) is 0 Å². The van der Waals surface area contributed by atoms with Gasteiger partial charge in [0.25, 0.3) is 0 Å². The van der Waals surface area contributed by atoms with Crippen molar-refractivity contribution >= 4 is 23.9 Å². The third-order valence-electron chi connectivity index (χ3n) is 4.48. The van der Waals surface area contributed by atoms with Crippen molar-refractivity contribution in [3.8, 4) is 0 Å². The van der Waals surface area contributed by atoms with Crippen LogP contribution in [0.2, 0.25) is 0 Å². The highest BCUT2D eigenvalue weighted by atomic mass is 16.6. The molecule has 0 radical (unpaired) electrons. The van der Waals surface area contributed by atoms with Crippen LogP contribution in [0, 0.1) is 35.5 Å². The van der Waals surface area contributed by atoms with Crippen LogP contribution < -0.4 is 0 Å². The Morgan fingerprint density at radius 1 is 0.611 bits per heavy atom. The fourth-order valence-electron chi connectivity index (χ4n) is 3.83. The molecule has 2 aliphatic heterocycles. The van der Waals surface area contributed by atoms with E-state index in [4.69, 9.17) is 0 Å². The van der Waals surface area contributed by atoms with E-state index in [1.165, 1.54) is 0 Å². The second kappa shape index (κ2) is 2.88. The van der Waals surface area contributed by atoms with Gasteiger partial charge in [-0.1, -0.05) is 12.2 Å². The van der Waals surface area contributed by atoms with Crippen molar-refractivity contribution in [1.82, 2.24) is 0 Å². The lowest BCUT2D eigenvalue weighted by Gasteiger charge is -2.42. The average Bonchev–Trinajstić information content (AvgIpc) is 2.81. The summed E-state index contributed by atoms with van der Waals surface area (Å²) in [4.78, 5) is 46.7.